The second-order valence-electron chi connectivity index (χ2n) is 6.03. The lowest BCUT2D eigenvalue weighted by Crippen LogP contribution is -2.27. The predicted molar refractivity (Wildman–Crippen MR) is 124 cm³/mol. The monoisotopic (exact) mass is 541 g/mol. The number of hydrogen-bond donors (Lipinski definition) is 0. The fourth-order valence-corrected chi connectivity index (χ4v) is 4.12. The number of ether oxygens (including phenoxy) is 2. The smallest absolute Gasteiger partial charge is 0.293 e. The van der Waals surface area contributed by atoms with E-state index in [1.807, 2.05) is 24.3 Å². The maximum atomic E-state index is 12.4. The van der Waals surface area contributed by atoms with E-state index >= 15 is 0 Å². The van der Waals surface area contributed by atoms with Crippen molar-refractivity contribution in [2.75, 3.05) is 13.7 Å². The second kappa shape index (κ2) is 9.69. The van der Waals surface area contributed by atoms with Crippen molar-refractivity contribution in [2.24, 2.45) is 0 Å². The van der Waals surface area contributed by atoms with Gasteiger partial charge in [0.05, 0.1) is 17.0 Å². The van der Waals surface area contributed by atoms with Crippen molar-refractivity contribution in [1.29, 1.82) is 0 Å². The summed E-state index contributed by atoms with van der Waals surface area (Å²) >= 11 is 9.54. The summed E-state index contributed by atoms with van der Waals surface area (Å²) in [6.45, 7) is 4.08. The SMILES string of the molecule is C=CCN1C(=O)S/C(=C/c2cc(Cl)c(OCc3ccc(I)cc3)c(OC)c2)C1=O. The van der Waals surface area contributed by atoms with E-state index < -0.39 is 0 Å². The molecule has 1 saturated heterocycles. The maximum Gasteiger partial charge on any atom is 0.293 e. The molecule has 0 atom stereocenters. The number of carbonyl (C=O) groups is 2. The van der Waals surface area contributed by atoms with Crippen LogP contribution in [0.5, 0.6) is 11.5 Å². The lowest BCUT2D eigenvalue weighted by Gasteiger charge is -2.14. The van der Waals surface area contributed by atoms with Gasteiger partial charge in [-0.1, -0.05) is 29.8 Å². The van der Waals surface area contributed by atoms with Crippen LogP contribution in [-0.4, -0.2) is 29.7 Å². The molecule has 1 aliphatic heterocycles. The minimum absolute atomic E-state index is 0.178. The third-order valence-corrected chi connectivity index (χ3v) is 5.94. The molecule has 0 aromatic heterocycles. The van der Waals surface area contributed by atoms with E-state index in [4.69, 9.17) is 21.1 Å². The first-order valence-corrected chi connectivity index (χ1v) is 10.8. The molecule has 1 fully saturated rings. The summed E-state index contributed by atoms with van der Waals surface area (Å²) in [5.74, 6) is 0.512. The Bertz CT molecular complexity index is 991. The minimum atomic E-state index is -0.353. The van der Waals surface area contributed by atoms with Gasteiger partial charge in [-0.25, -0.2) is 0 Å². The van der Waals surface area contributed by atoms with Crippen LogP contribution in [0.1, 0.15) is 11.1 Å². The predicted octanol–water partition coefficient (Wildman–Crippen LogP) is 5.75. The molecule has 2 aromatic rings. The Morgan fingerprint density at radius 3 is 2.62 bits per heavy atom. The summed E-state index contributed by atoms with van der Waals surface area (Å²) < 4.78 is 12.4. The van der Waals surface area contributed by atoms with Crippen LogP contribution in [0.15, 0.2) is 54.0 Å². The fraction of sp³-hybridized carbons (Fsp3) is 0.143. The highest BCUT2D eigenvalue weighted by molar-refractivity contribution is 14.1. The topological polar surface area (TPSA) is 55.8 Å². The summed E-state index contributed by atoms with van der Waals surface area (Å²) in [7, 11) is 1.52. The van der Waals surface area contributed by atoms with E-state index in [0.717, 1.165) is 25.8 Å². The highest BCUT2D eigenvalue weighted by Gasteiger charge is 2.34. The Hall–Kier alpha value is -1.97. The molecule has 0 radical (unpaired) electrons. The molecule has 0 spiro atoms. The molecule has 0 bridgehead atoms. The van der Waals surface area contributed by atoms with Crippen LogP contribution in [0.3, 0.4) is 0 Å². The second-order valence-corrected chi connectivity index (χ2v) is 8.68. The number of thioether (sulfide) groups is 1. The van der Waals surface area contributed by atoms with Gasteiger partial charge in [-0.2, -0.15) is 0 Å². The van der Waals surface area contributed by atoms with Gasteiger partial charge in [0.15, 0.2) is 11.5 Å². The standard InChI is InChI=1S/C21H17ClINO4S/c1-3-8-24-20(25)18(29-21(24)26)11-14-9-16(22)19(17(10-14)27-2)28-12-13-4-6-15(23)7-5-13/h3-7,9-11H,1,8,12H2,2H3/b18-11+. The molecule has 5 nitrogen and oxygen atoms in total. The van der Waals surface area contributed by atoms with Crippen molar-refractivity contribution in [3.63, 3.8) is 0 Å². The van der Waals surface area contributed by atoms with Gasteiger partial charge in [0, 0.05) is 10.1 Å². The number of imide groups is 1. The molecule has 29 heavy (non-hydrogen) atoms. The van der Waals surface area contributed by atoms with E-state index in [2.05, 4.69) is 29.2 Å². The summed E-state index contributed by atoms with van der Waals surface area (Å²) in [6.07, 6.45) is 3.13. The number of hydrogen-bond acceptors (Lipinski definition) is 5. The van der Waals surface area contributed by atoms with E-state index in [0.29, 0.717) is 33.6 Å². The zero-order valence-corrected chi connectivity index (χ0v) is 19.2. The number of rotatable bonds is 7. The van der Waals surface area contributed by atoms with Crippen molar-refractivity contribution >= 4 is 63.2 Å². The Morgan fingerprint density at radius 2 is 1.97 bits per heavy atom. The lowest BCUT2D eigenvalue weighted by atomic mass is 10.1. The molecule has 8 heteroatoms. The van der Waals surface area contributed by atoms with E-state index in [1.165, 1.54) is 13.2 Å². The Kier molecular flexibility index (Phi) is 7.26. The third kappa shape index (κ3) is 5.15. The van der Waals surface area contributed by atoms with Gasteiger partial charge in [0.2, 0.25) is 0 Å². The number of nitrogens with zero attached hydrogens (tertiary/aromatic N) is 1. The van der Waals surface area contributed by atoms with Crippen LogP contribution in [0.4, 0.5) is 4.79 Å². The minimum Gasteiger partial charge on any atom is -0.493 e. The van der Waals surface area contributed by atoms with Gasteiger partial charge in [-0.3, -0.25) is 14.5 Å². The van der Waals surface area contributed by atoms with Crippen LogP contribution in [0.2, 0.25) is 5.02 Å². The molecule has 2 aromatic carbocycles. The summed E-state index contributed by atoms with van der Waals surface area (Å²) in [4.78, 5) is 25.8. The van der Waals surface area contributed by atoms with Gasteiger partial charge in [0.25, 0.3) is 11.1 Å². The molecule has 150 valence electrons. The highest BCUT2D eigenvalue weighted by Crippen LogP contribution is 2.39. The van der Waals surface area contributed by atoms with Gasteiger partial charge >= 0.3 is 0 Å². The number of amides is 2. The molecule has 0 N–H and O–H groups in total. The van der Waals surface area contributed by atoms with Crippen LogP contribution < -0.4 is 9.47 Å². The van der Waals surface area contributed by atoms with Crippen molar-refractivity contribution in [3.05, 3.63) is 73.7 Å². The Labute approximate surface area is 191 Å². The van der Waals surface area contributed by atoms with Crippen molar-refractivity contribution in [1.82, 2.24) is 4.90 Å². The van der Waals surface area contributed by atoms with Crippen molar-refractivity contribution in [2.45, 2.75) is 6.61 Å². The summed E-state index contributed by atoms with van der Waals surface area (Å²) in [5, 5.41) is 0.0307. The summed E-state index contributed by atoms with van der Waals surface area (Å²) in [5.41, 5.74) is 1.64. The first-order valence-electron chi connectivity index (χ1n) is 8.54. The molecular formula is C21H17ClINO4S. The third-order valence-electron chi connectivity index (χ3n) is 4.03. The maximum absolute atomic E-state index is 12.4. The average Bonchev–Trinajstić information content (AvgIpc) is 2.96. The number of benzene rings is 2. The first kappa shape index (κ1) is 21.7. The molecule has 0 aliphatic carbocycles. The molecule has 1 aliphatic rings. The molecular weight excluding hydrogens is 525 g/mol. The van der Waals surface area contributed by atoms with Crippen LogP contribution in [-0.2, 0) is 11.4 Å². The number of halogens is 2. The van der Waals surface area contributed by atoms with Crippen LogP contribution in [0, 0.1) is 3.57 Å². The average molecular weight is 542 g/mol. The quantitative estimate of drug-likeness (QED) is 0.254. The van der Waals surface area contributed by atoms with Crippen molar-refractivity contribution in [3.8, 4) is 11.5 Å². The highest BCUT2D eigenvalue weighted by atomic mass is 127. The first-order chi connectivity index (χ1) is 13.9. The van der Waals surface area contributed by atoms with Gasteiger partial charge < -0.3 is 9.47 Å². The van der Waals surface area contributed by atoms with Crippen LogP contribution in [0.25, 0.3) is 6.08 Å². The normalized spacial score (nSPS) is 15.1. The zero-order valence-electron chi connectivity index (χ0n) is 15.5. The largest absolute Gasteiger partial charge is 0.493 e. The molecule has 1 heterocycles. The summed E-state index contributed by atoms with van der Waals surface area (Å²) in [6, 6.07) is 11.4. The molecule has 0 saturated carbocycles. The van der Waals surface area contributed by atoms with Crippen LogP contribution >= 0.6 is 46.0 Å². The molecule has 2 amide bonds. The Morgan fingerprint density at radius 1 is 1.24 bits per heavy atom. The van der Waals surface area contributed by atoms with E-state index in [1.54, 1.807) is 18.2 Å². The van der Waals surface area contributed by atoms with E-state index in [-0.39, 0.29) is 17.7 Å². The lowest BCUT2D eigenvalue weighted by molar-refractivity contribution is -0.122. The molecule has 3 rings (SSSR count). The van der Waals surface area contributed by atoms with Gasteiger partial charge in [-0.15, -0.1) is 6.58 Å². The van der Waals surface area contributed by atoms with Gasteiger partial charge in [0.1, 0.15) is 6.61 Å². The van der Waals surface area contributed by atoms with E-state index in [9.17, 15) is 9.59 Å². The van der Waals surface area contributed by atoms with Crippen molar-refractivity contribution < 1.29 is 19.1 Å². The fourth-order valence-electron chi connectivity index (χ4n) is 2.64. The Balaban J connectivity index is 1.83. The number of methoxy groups -OCH3 is 1. The number of carbonyl (C=O) groups excluding carboxylic acids is 2. The van der Waals surface area contributed by atoms with Gasteiger partial charge in [-0.05, 0) is 75.8 Å². The molecule has 0 unspecified atom stereocenters. The zero-order chi connectivity index (χ0) is 21.0.